The molecule has 2 aromatic heterocycles. The van der Waals surface area contributed by atoms with Gasteiger partial charge in [0, 0.05) is 10.4 Å². The van der Waals surface area contributed by atoms with Crippen LogP contribution >= 0.6 is 11.3 Å². The molecular weight excluding hydrogens is 289 g/mol. The highest BCUT2D eigenvalue weighted by Gasteiger charge is 2.25. The monoisotopic (exact) mass is 301 g/mol. The lowest BCUT2D eigenvalue weighted by Gasteiger charge is -1.96. The zero-order valence-corrected chi connectivity index (χ0v) is 11.9. The van der Waals surface area contributed by atoms with Gasteiger partial charge in [0.2, 0.25) is 5.82 Å². The topological polar surface area (TPSA) is 64.9 Å². The lowest BCUT2D eigenvalue weighted by Crippen LogP contribution is -1.89. The van der Waals surface area contributed by atoms with Crippen molar-refractivity contribution in [3.63, 3.8) is 0 Å². The molecule has 21 heavy (non-hydrogen) atoms. The summed E-state index contributed by atoms with van der Waals surface area (Å²) in [6.07, 6.45) is 3.20. The Hall–Kier alpha value is -2.21. The molecule has 0 saturated heterocycles. The maximum atomic E-state index is 13.3. The van der Waals surface area contributed by atoms with Crippen molar-refractivity contribution in [1.82, 2.24) is 10.1 Å². The second kappa shape index (κ2) is 4.66. The molecule has 6 heteroatoms. The third kappa shape index (κ3) is 2.03. The van der Waals surface area contributed by atoms with Crippen LogP contribution in [-0.2, 0) is 12.8 Å². The molecule has 1 aliphatic carbocycles. The van der Waals surface area contributed by atoms with E-state index in [1.54, 1.807) is 23.5 Å². The minimum atomic E-state index is -0.324. The van der Waals surface area contributed by atoms with Gasteiger partial charge in [0.25, 0.3) is 5.89 Å². The number of fused-ring (bicyclic) bond motifs is 1. The molecule has 0 fully saturated rings. The molecule has 0 bridgehead atoms. The van der Waals surface area contributed by atoms with Gasteiger partial charge in [0.05, 0.1) is 10.6 Å². The maximum absolute atomic E-state index is 13.3. The predicted octanol–water partition coefficient (Wildman–Crippen LogP) is 3.68. The van der Waals surface area contributed by atoms with Crippen molar-refractivity contribution in [2.24, 2.45) is 0 Å². The normalized spacial score (nSPS) is 13.6. The third-order valence-corrected chi connectivity index (χ3v) is 4.79. The average molecular weight is 301 g/mol. The van der Waals surface area contributed by atoms with E-state index < -0.39 is 0 Å². The first kappa shape index (κ1) is 12.5. The first-order chi connectivity index (χ1) is 10.2. The molecule has 2 N–H and O–H groups in total. The highest BCUT2D eigenvalue weighted by atomic mass is 32.1. The predicted molar refractivity (Wildman–Crippen MR) is 79.4 cm³/mol. The van der Waals surface area contributed by atoms with Gasteiger partial charge in [-0.05, 0) is 37.0 Å². The van der Waals surface area contributed by atoms with Crippen LogP contribution in [0, 0.1) is 5.82 Å². The zero-order valence-electron chi connectivity index (χ0n) is 11.1. The van der Waals surface area contributed by atoms with Crippen molar-refractivity contribution in [3.05, 3.63) is 40.5 Å². The van der Waals surface area contributed by atoms with Crippen LogP contribution in [0.25, 0.3) is 22.8 Å². The quantitative estimate of drug-likeness (QED) is 0.784. The summed E-state index contributed by atoms with van der Waals surface area (Å²) in [7, 11) is 0. The van der Waals surface area contributed by atoms with E-state index >= 15 is 0 Å². The van der Waals surface area contributed by atoms with Crippen molar-refractivity contribution >= 4 is 16.3 Å². The number of aromatic nitrogens is 2. The van der Waals surface area contributed by atoms with Crippen molar-refractivity contribution in [1.29, 1.82) is 0 Å². The van der Waals surface area contributed by atoms with Crippen LogP contribution in [0.5, 0.6) is 0 Å². The minimum absolute atomic E-state index is 0.324. The Labute approximate surface area is 124 Å². The summed E-state index contributed by atoms with van der Waals surface area (Å²) >= 11 is 1.60. The van der Waals surface area contributed by atoms with E-state index in [9.17, 15) is 4.39 Å². The number of nitrogens with two attached hydrogens (primary N) is 1. The lowest BCUT2D eigenvalue weighted by atomic mass is 10.1. The first-order valence-electron chi connectivity index (χ1n) is 6.72. The van der Waals surface area contributed by atoms with E-state index in [0.717, 1.165) is 24.8 Å². The van der Waals surface area contributed by atoms with Crippen molar-refractivity contribution in [2.45, 2.75) is 19.3 Å². The van der Waals surface area contributed by atoms with E-state index in [1.807, 2.05) is 0 Å². The molecule has 1 aromatic carbocycles. The minimum Gasteiger partial charge on any atom is -0.390 e. The Kier molecular flexibility index (Phi) is 2.78. The smallest absolute Gasteiger partial charge is 0.261 e. The average Bonchev–Trinajstić information content (AvgIpc) is 3.14. The van der Waals surface area contributed by atoms with Gasteiger partial charge in [-0.25, -0.2) is 4.39 Å². The number of aryl methyl sites for hydroxylation is 1. The first-order valence-corrected chi connectivity index (χ1v) is 7.54. The van der Waals surface area contributed by atoms with E-state index in [0.29, 0.717) is 22.3 Å². The van der Waals surface area contributed by atoms with Crippen molar-refractivity contribution < 1.29 is 8.91 Å². The van der Waals surface area contributed by atoms with Gasteiger partial charge in [-0.3, -0.25) is 0 Å². The molecule has 0 spiro atoms. The maximum Gasteiger partial charge on any atom is 0.261 e. The summed E-state index contributed by atoms with van der Waals surface area (Å²) in [4.78, 5) is 5.70. The Morgan fingerprint density at radius 1 is 1.29 bits per heavy atom. The summed E-state index contributed by atoms with van der Waals surface area (Å²) in [5.41, 5.74) is 8.77. The van der Waals surface area contributed by atoms with Crippen LogP contribution in [0.1, 0.15) is 16.9 Å². The van der Waals surface area contributed by atoms with E-state index in [4.69, 9.17) is 10.3 Å². The summed E-state index contributed by atoms with van der Waals surface area (Å²) < 4.78 is 18.6. The summed E-state index contributed by atoms with van der Waals surface area (Å²) in [6, 6.07) is 6.14. The molecule has 4 rings (SSSR count). The second-order valence-corrected chi connectivity index (χ2v) is 6.17. The van der Waals surface area contributed by atoms with Crippen molar-refractivity contribution in [2.75, 3.05) is 5.73 Å². The summed E-state index contributed by atoms with van der Waals surface area (Å²) in [5, 5.41) is 4.66. The molecule has 0 atom stereocenters. The van der Waals surface area contributed by atoms with E-state index in [-0.39, 0.29) is 5.82 Å². The SMILES string of the molecule is Nc1sc2c(c1-c1nc(-c3cccc(F)c3)no1)CCC2. The van der Waals surface area contributed by atoms with Gasteiger partial charge in [-0.2, -0.15) is 4.98 Å². The van der Waals surface area contributed by atoms with Gasteiger partial charge in [-0.1, -0.05) is 17.3 Å². The highest BCUT2D eigenvalue weighted by molar-refractivity contribution is 7.16. The molecule has 0 aliphatic heterocycles. The fraction of sp³-hybridized carbons (Fsp3) is 0.200. The number of hydrogen-bond donors (Lipinski definition) is 1. The van der Waals surface area contributed by atoms with Gasteiger partial charge < -0.3 is 10.3 Å². The number of nitrogen functional groups attached to an aromatic ring is 1. The molecule has 0 amide bonds. The fourth-order valence-corrected chi connectivity index (χ4v) is 3.88. The van der Waals surface area contributed by atoms with E-state index in [2.05, 4.69) is 10.1 Å². The number of thiophene rings is 1. The Morgan fingerprint density at radius 3 is 3.05 bits per heavy atom. The second-order valence-electron chi connectivity index (χ2n) is 5.03. The molecule has 2 heterocycles. The van der Waals surface area contributed by atoms with Crippen LogP contribution < -0.4 is 5.73 Å². The van der Waals surface area contributed by atoms with Crippen LogP contribution in [0.3, 0.4) is 0 Å². The van der Waals surface area contributed by atoms with Gasteiger partial charge in [-0.15, -0.1) is 11.3 Å². The number of rotatable bonds is 2. The number of anilines is 1. The molecule has 106 valence electrons. The molecule has 0 saturated carbocycles. The number of benzene rings is 1. The largest absolute Gasteiger partial charge is 0.390 e. The van der Waals surface area contributed by atoms with Gasteiger partial charge in [0.15, 0.2) is 0 Å². The Morgan fingerprint density at radius 2 is 2.19 bits per heavy atom. The number of nitrogens with zero attached hydrogens (tertiary/aromatic N) is 2. The Balaban J connectivity index is 1.79. The molecular formula is C15H12FN3OS. The van der Waals surface area contributed by atoms with E-state index in [1.165, 1.54) is 22.6 Å². The lowest BCUT2D eigenvalue weighted by molar-refractivity contribution is 0.432. The standard InChI is InChI=1S/C15H12FN3OS/c16-9-4-1-3-8(7-9)14-18-15(20-19-14)12-10-5-2-6-11(10)21-13(12)17/h1,3-4,7H,2,5-6,17H2. The number of hydrogen-bond acceptors (Lipinski definition) is 5. The summed E-state index contributed by atoms with van der Waals surface area (Å²) in [6.45, 7) is 0. The fourth-order valence-electron chi connectivity index (χ4n) is 2.73. The van der Waals surface area contributed by atoms with Crippen LogP contribution in [0.2, 0.25) is 0 Å². The van der Waals surface area contributed by atoms with Crippen LogP contribution in [-0.4, -0.2) is 10.1 Å². The summed E-state index contributed by atoms with van der Waals surface area (Å²) in [5.74, 6) is 0.475. The van der Waals surface area contributed by atoms with Gasteiger partial charge in [0.1, 0.15) is 5.82 Å². The molecule has 3 aromatic rings. The Bertz CT molecular complexity index is 824. The molecule has 0 unspecified atom stereocenters. The highest BCUT2D eigenvalue weighted by Crippen LogP contribution is 2.43. The third-order valence-electron chi connectivity index (χ3n) is 3.67. The molecule has 4 nitrogen and oxygen atoms in total. The number of halogens is 1. The zero-order chi connectivity index (χ0) is 14.4. The molecule has 0 radical (unpaired) electrons. The van der Waals surface area contributed by atoms with Crippen molar-refractivity contribution in [3.8, 4) is 22.8 Å². The van der Waals surface area contributed by atoms with Crippen LogP contribution in [0.4, 0.5) is 9.39 Å². The van der Waals surface area contributed by atoms with Gasteiger partial charge >= 0.3 is 0 Å². The molecule has 1 aliphatic rings. The van der Waals surface area contributed by atoms with Crippen LogP contribution in [0.15, 0.2) is 28.8 Å².